The van der Waals surface area contributed by atoms with Gasteiger partial charge in [0, 0.05) is 7.11 Å². The number of hydrogen-bond donors (Lipinski definition) is 1. The molecule has 0 aliphatic heterocycles. The van der Waals surface area contributed by atoms with Crippen LogP contribution in [0, 0.1) is 0 Å². The minimum absolute atomic E-state index is 0.269. The SMILES string of the molecule is COCc1nnc(NC(=O)[C@@H](C)Oc2ccccc2)s1. The molecule has 0 unspecified atom stereocenters. The first-order valence-electron chi connectivity index (χ1n) is 6.03. The number of para-hydroxylation sites is 1. The molecule has 0 fully saturated rings. The standard InChI is InChI=1S/C13H15N3O3S/c1-9(19-10-6-4-3-5-7-10)12(17)14-13-16-15-11(20-13)8-18-2/h3-7,9H,8H2,1-2H3,(H,14,16,17)/t9-/m1/s1. The zero-order valence-corrected chi connectivity index (χ0v) is 12.0. The summed E-state index contributed by atoms with van der Waals surface area (Å²) in [5.74, 6) is 0.376. The molecule has 0 bridgehead atoms. The van der Waals surface area contributed by atoms with Crippen LogP contribution >= 0.6 is 11.3 Å². The number of rotatable bonds is 6. The molecule has 7 heteroatoms. The Morgan fingerprint density at radius 2 is 2.10 bits per heavy atom. The van der Waals surface area contributed by atoms with E-state index < -0.39 is 6.10 Å². The molecule has 0 radical (unpaired) electrons. The molecule has 1 aromatic heterocycles. The van der Waals surface area contributed by atoms with Gasteiger partial charge in [0.05, 0.1) is 0 Å². The third-order valence-corrected chi connectivity index (χ3v) is 3.20. The quantitative estimate of drug-likeness (QED) is 0.883. The molecule has 1 aromatic carbocycles. The van der Waals surface area contributed by atoms with Crippen LogP contribution in [0.2, 0.25) is 0 Å². The van der Waals surface area contributed by atoms with Crippen molar-refractivity contribution in [2.24, 2.45) is 0 Å². The van der Waals surface area contributed by atoms with E-state index >= 15 is 0 Å². The highest BCUT2D eigenvalue weighted by Gasteiger charge is 2.16. The fourth-order valence-corrected chi connectivity index (χ4v) is 2.16. The number of aromatic nitrogens is 2. The van der Waals surface area contributed by atoms with Crippen LogP contribution < -0.4 is 10.1 Å². The summed E-state index contributed by atoms with van der Waals surface area (Å²) in [6, 6.07) is 9.18. The lowest BCUT2D eigenvalue weighted by molar-refractivity contribution is -0.122. The Balaban J connectivity index is 1.90. The molecular formula is C13H15N3O3S. The molecule has 1 atom stereocenters. The first-order valence-corrected chi connectivity index (χ1v) is 6.84. The predicted molar refractivity (Wildman–Crippen MR) is 75.8 cm³/mol. The molecule has 1 heterocycles. The molecule has 1 amide bonds. The van der Waals surface area contributed by atoms with Crippen molar-refractivity contribution < 1.29 is 14.3 Å². The Morgan fingerprint density at radius 1 is 1.35 bits per heavy atom. The van der Waals surface area contributed by atoms with Crippen LogP contribution in [0.5, 0.6) is 5.75 Å². The number of amides is 1. The molecule has 0 aliphatic carbocycles. The molecule has 6 nitrogen and oxygen atoms in total. The number of ether oxygens (including phenoxy) is 2. The van der Waals surface area contributed by atoms with Crippen LogP contribution in [0.15, 0.2) is 30.3 Å². The molecule has 0 aliphatic rings. The molecule has 0 spiro atoms. The summed E-state index contributed by atoms with van der Waals surface area (Å²) in [5, 5.41) is 11.6. The Kier molecular flexibility index (Phi) is 5.03. The van der Waals surface area contributed by atoms with Crippen LogP contribution in [0.1, 0.15) is 11.9 Å². The lowest BCUT2D eigenvalue weighted by Crippen LogP contribution is -2.30. The van der Waals surface area contributed by atoms with Crippen molar-refractivity contribution in [1.29, 1.82) is 0 Å². The van der Waals surface area contributed by atoms with Crippen molar-refractivity contribution >= 4 is 22.4 Å². The third-order valence-electron chi connectivity index (χ3n) is 2.39. The largest absolute Gasteiger partial charge is 0.481 e. The summed E-state index contributed by atoms with van der Waals surface area (Å²) in [5.41, 5.74) is 0. The summed E-state index contributed by atoms with van der Waals surface area (Å²) in [7, 11) is 1.58. The number of nitrogens with zero attached hydrogens (tertiary/aromatic N) is 2. The molecule has 0 saturated carbocycles. The number of methoxy groups -OCH3 is 1. The van der Waals surface area contributed by atoms with Crippen molar-refractivity contribution in [2.75, 3.05) is 12.4 Å². The number of benzene rings is 1. The van der Waals surface area contributed by atoms with Gasteiger partial charge in [0.15, 0.2) is 6.10 Å². The monoisotopic (exact) mass is 293 g/mol. The summed E-state index contributed by atoms with van der Waals surface area (Å²) in [6.07, 6.45) is -0.618. The lowest BCUT2D eigenvalue weighted by Gasteiger charge is -2.13. The lowest BCUT2D eigenvalue weighted by atomic mass is 10.3. The smallest absolute Gasteiger partial charge is 0.266 e. The van der Waals surface area contributed by atoms with Crippen molar-refractivity contribution in [2.45, 2.75) is 19.6 Å². The van der Waals surface area contributed by atoms with E-state index in [0.717, 1.165) is 0 Å². The zero-order chi connectivity index (χ0) is 14.4. The maximum atomic E-state index is 12.0. The first-order chi connectivity index (χ1) is 9.69. The Hall–Kier alpha value is -1.99. The normalized spacial score (nSPS) is 11.9. The third kappa shape index (κ3) is 4.01. The van der Waals surface area contributed by atoms with Crippen molar-refractivity contribution in [3.05, 3.63) is 35.3 Å². The van der Waals surface area contributed by atoms with Gasteiger partial charge in [-0.2, -0.15) is 0 Å². The van der Waals surface area contributed by atoms with Crippen molar-refractivity contribution in [1.82, 2.24) is 10.2 Å². The zero-order valence-electron chi connectivity index (χ0n) is 11.2. The van der Waals surface area contributed by atoms with Gasteiger partial charge in [0.25, 0.3) is 5.91 Å². The molecule has 106 valence electrons. The van der Waals surface area contributed by atoms with Crippen LogP contribution in [0.4, 0.5) is 5.13 Å². The van der Waals surface area contributed by atoms with Gasteiger partial charge < -0.3 is 9.47 Å². The minimum Gasteiger partial charge on any atom is -0.481 e. The number of carbonyl (C=O) groups is 1. The van der Waals surface area contributed by atoms with Gasteiger partial charge in [-0.05, 0) is 19.1 Å². The Labute approximate surface area is 120 Å². The molecule has 0 saturated heterocycles. The Morgan fingerprint density at radius 3 is 2.80 bits per heavy atom. The van der Waals surface area contributed by atoms with E-state index in [1.807, 2.05) is 18.2 Å². The van der Waals surface area contributed by atoms with E-state index in [1.165, 1.54) is 11.3 Å². The van der Waals surface area contributed by atoms with Gasteiger partial charge >= 0.3 is 0 Å². The Bertz CT molecular complexity index is 559. The average molecular weight is 293 g/mol. The van der Waals surface area contributed by atoms with E-state index in [2.05, 4.69) is 15.5 Å². The summed E-state index contributed by atoms with van der Waals surface area (Å²) < 4.78 is 10.5. The number of hydrogen-bond acceptors (Lipinski definition) is 6. The average Bonchev–Trinajstić information content (AvgIpc) is 2.87. The van der Waals surface area contributed by atoms with Gasteiger partial charge in [-0.1, -0.05) is 29.5 Å². The number of nitrogens with one attached hydrogen (secondary N) is 1. The second-order valence-electron chi connectivity index (χ2n) is 4.00. The minimum atomic E-state index is -0.618. The van der Waals surface area contributed by atoms with Gasteiger partial charge in [-0.25, -0.2) is 0 Å². The molecule has 20 heavy (non-hydrogen) atoms. The highest BCUT2D eigenvalue weighted by molar-refractivity contribution is 7.15. The van der Waals surface area contributed by atoms with Crippen LogP contribution in [-0.2, 0) is 16.1 Å². The first kappa shape index (κ1) is 14.4. The van der Waals surface area contributed by atoms with Gasteiger partial charge in [-0.15, -0.1) is 10.2 Å². The molecule has 1 N–H and O–H groups in total. The maximum Gasteiger partial charge on any atom is 0.266 e. The topological polar surface area (TPSA) is 73.3 Å². The molecule has 2 rings (SSSR count). The van der Waals surface area contributed by atoms with E-state index in [1.54, 1.807) is 26.2 Å². The van der Waals surface area contributed by atoms with E-state index in [9.17, 15) is 4.79 Å². The van der Waals surface area contributed by atoms with Crippen molar-refractivity contribution in [3.8, 4) is 5.75 Å². The summed E-state index contributed by atoms with van der Waals surface area (Å²) >= 11 is 1.27. The van der Waals surface area contributed by atoms with Gasteiger partial charge in [-0.3, -0.25) is 10.1 Å². The van der Waals surface area contributed by atoms with Gasteiger partial charge in [0.1, 0.15) is 17.4 Å². The number of carbonyl (C=O) groups excluding carboxylic acids is 1. The predicted octanol–water partition coefficient (Wildman–Crippen LogP) is 2.09. The van der Waals surface area contributed by atoms with Crippen molar-refractivity contribution in [3.63, 3.8) is 0 Å². The van der Waals surface area contributed by atoms with Crippen LogP contribution in [0.3, 0.4) is 0 Å². The highest BCUT2D eigenvalue weighted by atomic mass is 32.1. The fraction of sp³-hybridized carbons (Fsp3) is 0.308. The summed E-state index contributed by atoms with van der Waals surface area (Å²) in [6.45, 7) is 2.06. The van der Waals surface area contributed by atoms with Gasteiger partial charge in [0.2, 0.25) is 5.13 Å². The van der Waals surface area contributed by atoms with E-state index in [0.29, 0.717) is 22.5 Å². The second kappa shape index (κ2) is 6.97. The van der Waals surface area contributed by atoms with E-state index in [4.69, 9.17) is 9.47 Å². The molecular weight excluding hydrogens is 278 g/mol. The van der Waals surface area contributed by atoms with Crippen LogP contribution in [0.25, 0.3) is 0 Å². The maximum absolute atomic E-state index is 12.0. The van der Waals surface area contributed by atoms with Crippen LogP contribution in [-0.4, -0.2) is 29.3 Å². The highest BCUT2D eigenvalue weighted by Crippen LogP contribution is 2.17. The fourth-order valence-electron chi connectivity index (χ4n) is 1.45. The molecule has 2 aromatic rings. The van der Waals surface area contributed by atoms with E-state index in [-0.39, 0.29) is 5.91 Å². The second-order valence-corrected chi connectivity index (χ2v) is 5.06. The number of anilines is 1. The summed E-state index contributed by atoms with van der Waals surface area (Å²) in [4.78, 5) is 12.0.